The molecule has 4 rings (SSSR count). The molecule has 19 nitrogen and oxygen atoms in total. The lowest BCUT2D eigenvalue weighted by molar-refractivity contribution is -0.163. The van der Waals surface area contributed by atoms with Crippen molar-refractivity contribution in [2.75, 3.05) is 6.61 Å². The number of aromatic nitrogens is 1. The lowest BCUT2D eigenvalue weighted by Crippen LogP contribution is -2.51. The largest absolute Gasteiger partial charge is 0.504 e. The van der Waals surface area contributed by atoms with E-state index in [0.717, 1.165) is 48.8 Å². The van der Waals surface area contributed by atoms with Gasteiger partial charge in [-0.25, -0.2) is 4.79 Å². The quantitative estimate of drug-likeness (QED) is 0.0265. The van der Waals surface area contributed by atoms with Crippen LogP contribution in [0.4, 0.5) is 0 Å². The second-order valence-electron chi connectivity index (χ2n) is 12.5. The molecule has 11 N–H and O–H groups in total. The smallest absolute Gasteiger partial charge is 0.446 e. The van der Waals surface area contributed by atoms with E-state index in [1.54, 1.807) is 18.2 Å². The maximum Gasteiger partial charge on any atom is 0.446 e. The number of phenolic OH excluding ortho intramolecular Hbond substituents is 1. The molecule has 20 heteroatoms. The highest BCUT2D eigenvalue weighted by molar-refractivity contribution is 7.81. The molecule has 6 atom stereocenters. The number of hydrogen-bond acceptors (Lipinski definition) is 16. The number of aromatic hydroxyl groups is 1. The minimum atomic E-state index is -5.09. The van der Waals surface area contributed by atoms with Crippen molar-refractivity contribution in [2.24, 2.45) is 11.5 Å². The van der Waals surface area contributed by atoms with E-state index in [2.05, 4.69) is 21.6 Å². The highest BCUT2D eigenvalue weighted by atomic mass is 32.3. The summed E-state index contributed by atoms with van der Waals surface area (Å²) in [5.41, 5.74) is 12.8. The van der Waals surface area contributed by atoms with Gasteiger partial charge in [0.1, 0.15) is 48.1 Å². The summed E-state index contributed by atoms with van der Waals surface area (Å²) in [4.78, 5) is 38.0. The maximum absolute atomic E-state index is 13.1. The molecular weight excluding hydrogens is 760 g/mol. The second kappa shape index (κ2) is 19.3. The van der Waals surface area contributed by atoms with Gasteiger partial charge < -0.3 is 60.5 Å². The van der Waals surface area contributed by atoms with Crippen molar-refractivity contribution in [3.63, 3.8) is 0 Å². The molecular formula is C36H42N4O15S. The maximum atomic E-state index is 13.1. The van der Waals surface area contributed by atoms with Gasteiger partial charge in [0.15, 0.2) is 17.3 Å². The first-order chi connectivity index (χ1) is 26.5. The van der Waals surface area contributed by atoms with Crippen molar-refractivity contribution >= 4 is 28.2 Å². The average molecular weight is 803 g/mol. The zero-order chi connectivity index (χ0) is 41.2. The predicted molar refractivity (Wildman–Crippen MR) is 195 cm³/mol. The minimum absolute atomic E-state index is 0.0404. The molecule has 0 spiro atoms. The summed E-state index contributed by atoms with van der Waals surface area (Å²) in [5, 5.41) is 57.2. The first-order valence-corrected chi connectivity index (χ1v) is 18.4. The Morgan fingerprint density at radius 2 is 1.59 bits per heavy atom. The Hall–Kier alpha value is -5.61. The molecule has 4 aromatic rings. The number of carbonyl (C=O) groups excluding carboxylic acids is 2. The van der Waals surface area contributed by atoms with Crippen molar-refractivity contribution in [3.05, 3.63) is 83.9 Å². The average Bonchev–Trinajstić information content (AvgIpc) is 3.66. The van der Waals surface area contributed by atoms with Gasteiger partial charge in [-0.3, -0.25) is 14.1 Å². The Morgan fingerprint density at radius 1 is 0.929 bits per heavy atom. The Balaban J connectivity index is 1.36. The summed E-state index contributed by atoms with van der Waals surface area (Å²) in [6.07, 6.45) is -5.63. The normalized spacial score (nSPS) is 14.8. The molecule has 302 valence electrons. The van der Waals surface area contributed by atoms with Crippen LogP contribution in [0, 0.1) is 0 Å². The molecule has 1 amide bonds. The molecule has 0 fully saturated rings. The van der Waals surface area contributed by atoms with Gasteiger partial charge in [-0.15, -0.1) is 0 Å². The number of hydrogen-bond donors (Lipinski definition) is 9. The van der Waals surface area contributed by atoms with Crippen LogP contribution in [0.2, 0.25) is 0 Å². The molecule has 0 radical (unpaired) electrons. The molecule has 0 aliphatic rings. The Kier molecular flexibility index (Phi) is 14.9. The van der Waals surface area contributed by atoms with Gasteiger partial charge in [0.25, 0.3) is 5.91 Å². The van der Waals surface area contributed by atoms with E-state index in [-0.39, 0.29) is 11.1 Å². The van der Waals surface area contributed by atoms with E-state index in [4.69, 9.17) is 30.0 Å². The number of nitrogens with one attached hydrogen (secondary N) is 1. The number of esters is 1. The summed E-state index contributed by atoms with van der Waals surface area (Å²) in [6, 6.07) is 13.8. The predicted octanol–water partition coefficient (Wildman–Crippen LogP) is 1.65. The summed E-state index contributed by atoms with van der Waals surface area (Å²) in [5.74, 6) is -4.27. The Morgan fingerprint density at radius 3 is 2.20 bits per heavy atom. The molecule has 0 aliphatic heterocycles. The van der Waals surface area contributed by atoms with E-state index >= 15 is 0 Å². The van der Waals surface area contributed by atoms with Gasteiger partial charge >= 0.3 is 22.3 Å². The van der Waals surface area contributed by atoms with E-state index in [1.807, 2.05) is 24.3 Å². The highest BCUT2D eigenvalue weighted by Gasteiger charge is 2.36. The summed E-state index contributed by atoms with van der Waals surface area (Å²) in [7, 11) is -5.09. The third-order valence-corrected chi connectivity index (χ3v) is 8.70. The van der Waals surface area contributed by atoms with E-state index in [0.29, 0.717) is 23.6 Å². The topological polar surface area (TPSA) is 325 Å². The number of carboxylic acid groups (broad SMARTS) is 1. The lowest BCUT2D eigenvalue weighted by atomic mass is 9.98. The molecule has 0 aliphatic carbocycles. The van der Waals surface area contributed by atoms with Gasteiger partial charge in [-0.1, -0.05) is 43.1 Å². The number of carboxylic acids is 1. The number of benzene rings is 3. The SMILES string of the molecule is CCCCCOc1ccc(-c2cc(-c3ccc(C(=O)N[C@@H](C[C@@H](OC(=O)[C@@H](N)[C@H](O)[C@@H](O)c4ccc(O)c(OS(=O)(=O)O)c4)[C@H](N)O)C(=O)O)cc3)no2)cc1. The van der Waals surface area contributed by atoms with Crippen molar-refractivity contribution in [1.29, 1.82) is 0 Å². The van der Waals surface area contributed by atoms with Crippen LogP contribution in [0.1, 0.15) is 54.6 Å². The number of rotatable bonds is 20. The number of nitrogens with two attached hydrogens (primary N) is 2. The summed E-state index contributed by atoms with van der Waals surface area (Å²) >= 11 is 0. The van der Waals surface area contributed by atoms with Gasteiger partial charge in [0, 0.05) is 29.2 Å². The first kappa shape index (κ1) is 43.1. The molecule has 0 unspecified atom stereocenters. The molecule has 3 aromatic carbocycles. The summed E-state index contributed by atoms with van der Waals surface area (Å²) < 4.78 is 51.5. The fraction of sp³-hybridized carbons (Fsp3) is 0.333. The van der Waals surface area contributed by atoms with Gasteiger partial charge in [0.2, 0.25) is 0 Å². The van der Waals surface area contributed by atoms with Crippen LogP contribution in [0.15, 0.2) is 77.3 Å². The minimum Gasteiger partial charge on any atom is -0.504 e. The number of carbonyl (C=O) groups is 3. The number of aliphatic carboxylic acids is 1. The van der Waals surface area contributed by atoms with Crippen molar-refractivity contribution in [3.8, 4) is 39.8 Å². The number of ether oxygens (including phenoxy) is 2. The zero-order valence-corrected chi connectivity index (χ0v) is 30.6. The van der Waals surface area contributed by atoms with E-state index in [9.17, 15) is 48.3 Å². The molecule has 0 saturated carbocycles. The van der Waals surface area contributed by atoms with Crippen LogP contribution in [0.3, 0.4) is 0 Å². The fourth-order valence-electron chi connectivity index (χ4n) is 5.21. The van der Waals surface area contributed by atoms with Gasteiger partial charge in [-0.05, 0) is 60.5 Å². The third kappa shape index (κ3) is 11.9. The van der Waals surface area contributed by atoms with E-state index in [1.165, 1.54) is 12.1 Å². The van der Waals surface area contributed by atoms with Crippen molar-refractivity contribution < 1.29 is 71.1 Å². The Bertz CT molecular complexity index is 2060. The van der Waals surface area contributed by atoms with Crippen LogP contribution >= 0.6 is 0 Å². The van der Waals surface area contributed by atoms with Gasteiger partial charge in [0.05, 0.1) is 6.61 Å². The fourth-order valence-corrected chi connectivity index (χ4v) is 5.57. The van der Waals surface area contributed by atoms with Crippen LogP contribution in [-0.2, 0) is 24.7 Å². The molecule has 0 saturated heterocycles. The van der Waals surface area contributed by atoms with Crippen LogP contribution in [0.5, 0.6) is 17.2 Å². The number of aliphatic hydroxyl groups is 3. The lowest BCUT2D eigenvalue weighted by Gasteiger charge is -2.28. The zero-order valence-electron chi connectivity index (χ0n) is 29.8. The van der Waals surface area contributed by atoms with Crippen LogP contribution < -0.4 is 25.7 Å². The molecule has 0 bridgehead atoms. The number of nitrogens with zero attached hydrogens (tertiary/aromatic N) is 1. The number of phenols is 1. The molecule has 56 heavy (non-hydrogen) atoms. The highest BCUT2D eigenvalue weighted by Crippen LogP contribution is 2.32. The molecule has 1 heterocycles. The monoisotopic (exact) mass is 802 g/mol. The van der Waals surface area contributed by atoms with Crippen LogP contribution in [0.25, 0.3) is 22.6 Å². The Labute approximate surface area is 320 Å². The van der Waals surface area contributed by atoms with Crippen LogP contribution in [-0.4, -0.2) is 98.6 Å². The van der Waals surface area contributed by atoms with Crippen molar-refractivity contribution in [1.82, 2.24) is 10.5 Å². The second-order valence-corrected chi connectivity index (χ2v) is 13.5. The van der Waals surface area contributed by atoms with Gasteiger partial charge in [-0.2, -0.15) is 8.42 Å². The number of unbranched alkanes of at least 4 members (excludes halogenated alkanes) is 2. The third-order valence-electron chi connectivity index (χ3n) is 8.31. The molecule has 1 aromatic heterocycles. The standard InChI is InChI=1S/C36H42N4O15S/c1-2-3-4-15-52-23-12-9-20(10-13-23)27-17-24(40-54-27)19-5-7-21(8-6-19)34(45)39-25(35(46)47)18-29(33(38)44)53-36(48)30(37)32(43)31(42)22-11-14-26(41)28(16-22)55-56(49,50)51/h5-14,16-17,25,29-33,41-44H,2-4,15,18,37-38H2,1H3,(H,39,45)(H,46,47)(H,49,50,51)/t25-,29+,30-,31-,32-,33+/m0/s1. The van der Waals surface area contributed by atoms with Crippen molar-refractivity contribution in [2.45, 2.75) is 69.2 Å². The summed E-state index contributed by atoms with van der Waals surface area (Å²) in [6.45, 7) is 2.75. The number of amides is 1. The van der Waals surface area contributed by atoms with E-state index < -0.39 is 82.8 Å². The first-order valence-electron chi connectivity index (χ1n) is 17.1. The number of aliphatic hydroxyl groups excluding tert-OH is 3.